The molecule has 0 aromatic heterocycles. The zero-order valence-corrected chi connectivity index (χ0v) is 15.7. The average Bonchev–Trinajstić information content (AvgIpc) is 2.66. The Morgan fingerprint density at radius 2 is 1.41 bits per heavy atom. The van der Waals surface area contributed by atoms with Gasteiger partial charge in [0.15, 0.2) is 15.6 Å². The van der Waals surface area contributed by atoms with Gasteiger partial charge in [0.05, 0.1) is 4.90 Å². The summed E-state index contributed by atoms with van der Waals surface area (Å²) in [6.45, 7) is 0. The van der Waals surface area contributed by atoms with E-state index in [4.69, 9.17) is 0 Å². The lowest BCUT2D eigenvalue weighted by molar-refractivity contribution is 0.0993. The maximum Gasteiger partial charge on any atom is 0.175 e. The fourth-order valence-electron chi connectivity index (χ4n) is 3.27. The van der Waals surface area contributed by atoms with Crippen LogP contribution < -0.4 is 0 Å². The van der Waals surface area contributed by atoms with Crippen LogP contribution in [0.3, 0.4) is 0 Å². The third-order valence-corrected chi connectivity index (χ3v) is 5.85. The second-order valence-corrected chi connectivity index (χ2v) is 8.79. The first-order chi connectivity index (χ1) is 12.9. The molecule has 3 nitrogen and oxygen atoms in total. The van der Waals surface area contributed by atoms with E-state index < -0.39 is 9.84 Å². The molecule has 0 radical (unpaired) electrons. The summed E-state index contributed by atoms with van der Waals surface area (Å²) in [6.07, 6.45) is 1.47. The number of carbonyl (C=O) groups excluding carboxylic acids is 1. The van der Waals surface area contributed by atoms with Crippen LogP contribution in [0.1, 0.15) is 15.9 Å². The third-order valence-electron chi connectivity index (χ3n) is 4.74. The number of fused-ring (bicyclic) bond motifs is 2. The normalized spacial score (nSPS) is 11.7. The van der Waals surface area contributed by atoms with Crippen molar-refractivity contribution < 1.29 is 13.2 Å². The summed E-state index contributed by atoms with van der Waals surface area (Å²) in [5.74, 6) is 0.0411. The van der Waals surface area contributed by atoms with Gasteiger partial charge in [-0.3, -0.25) is 4.79 Å². The smallest absolute Gasteiger partial charge is 0.175 e. The molecule has 0 amide bonds. The van der Waals surface area contributed by atoms with Gasteiger partial charge in [-0.1, -0.05) is 60.7 Å². The summed E-state index contributed by atoms with van der Waals surface area (Å²) in [7, 11) is -3.26. The maximum atomic E-state index is 12.7. The minimum Gasteiger partial charge on any atom is -0.294 e. The van der Waals surface area contributed by atoms with E-state index in [9.17, 15) is 13.2 Å². The van der Waals surface area contributed by atoms with Crippen LogP contribution in [-0.2, 0) is 16.3 Å². The molecule has 134 valence electrons. The quantitative estimate of drug-likeness (QED) is 0.481. The first kappa shape index (κ1) is 17.4. The number of rotatable bonds is 4. The van der Waals surface area contributed by atoms with Crippen molar-refractivity contribution in [1.82, 2.24) is 0 Å². The third kappa shape index (κ3) is 3.62. The van der Waals surface area contributed by atoms with E-state index in [0.717, 1.165) is 27.1 Å². The average molecular weight is 374 g/mol. The van der Waals surface area contributed by atoms with Crippen molar-refractivity contribution in [3.05, 3.63) is 90.0 Å². The molecule has 0 aliphatic rings. The molecule has 0 N–H and O–H groups in total. The van der Waals surface area contributed by atoms with Gasteiger partial charge in [-0.2, -0.15) is 0 Å². The minimum atomic E-state index is -3.26. The SMILES string of the molecule is CS(=O)(=O)c1ccc2ccc(CC(=O)c3ccc4ccccc4c3)cc2c1. The van der Waals surface area contributed by atoms with E-state index in [1.165, 1.54) is 6.26 Å². The highest BCUT2D eigenvalue weighted by atomic mass is 32.2. The van der Waals surface area contributed by atoms with Crippen molar-refractivity contribution in [2.24, 2.45) is 0 Å². The zero-order chi connectivity index (χ0) is 19.0. The molecule has 0 heterocycles. The van der Waals surface area contributed by atoms with Crippen LogP contribution in [0.25, 0.3) is 21.5 Å². The Bertz CT molecular complexity index is 1290. The van der Waals surface area contributed by atoms with Crippen LogP contribution in [0.2, 0.25) is 0 Å². The molecule has 0 fully saturated rings. The molecule has 0 atom stereocenters. The monoisotopic (exact) mass is 374 g/mol. The van der Waals surface area contributed by atoms with E-state index in [-0.39, 0.29) is 17.1 Å². The minimum absolute atomic E-state index is 0.0411. The van der Waals surface area contributed by atoms with Gasteiger partial charge in [0.1, 0.15) is 0 Å². The van der Waals surface area contributed by atoms with Crippen molar-refractivity contribution >= 4 is 37.2 Å². The van der Waals surface area contributed by atoms with Gasteiger partial charge in [0.2, 0.25) is 0 Å². The molecule has 4 aromatic carbocycles. The van der Waals surface area contributed by atoms with Crippen molar-refractivity contribution in [3.8, 4) is 0 Å². The molecular weight excluding hydrogens is 356 g/mol. The largest absolute Gasteiger partial charge is 0.294 e. The number of sulfone groups is 1. The Hall–Kier alpha value is -2.98. The molecule has 0 saturated heterocycles. The molecule has 4 heteroatoms. The van der Waals surface area contributed by atoms with Crippen molar-refractivity contribution in [2.75, 3.05) is 6.26 Å². The van der Waals surface area contributed by atoms with E-state index in [1.807, 2.05) is 60.7 Å². The second kappa shape index (κ2) is 6.63. The second-order valence-electron chi connectivity index (χ2n) is 6.78. The van der Waals surface area contributed by atoms with E-state index in [2.05, 4.69) is 0 Å². The van der Waals surface area contributed by atoms with Gasteiger partial charge < -0.3 is 0 Å². The summed E-state index contributed by atoms with van der Waals surface area (Å²) in [5, 5.41) is 3.92. The fraction of sp³-hybridized carbons (Fsp3) is 0.0870. The summed E-state index contributed by atoms with van der Waals surface area (Å²) < 4.78 is 23.6. The standard InChI is InChI=1S/C23H18O3S/c1-27(25,26)22-11-10-18-7-6-16(12-21(18)15-22)13-23(24)20-9-8-17-4-2-3-5-19(17)14-20/h2-12,14-15H,13H2,1H3. The number of carbonyl (C=O) groups is 1. The van der Waals surface area contributed by atoms with Crippen LogP contribution >= 0.6 is 0 Å². The van der Waals surface area contributed by atoms with E-state index >= 15 is 0 Å². The number of ketones is 1. The molecule has 4 rings (SSSR count). The predicted octanol–water partition coefficient (Wildman–Crippen LogP) is 4.82. The first-order valence-electron chi connectivity index (χ1n) is 8.65. The number of hydrogen-bond acceptors (Lipinski definition) is 3. The molecular formula is C23H18O3S. The lowest BCUT2D eigenvalue weighted by Crippen LogP contribution is -2.03. The van der Waals surface area contributed by atoms with Crippen LogP contribution in [-0.4, -0.2) is 20.5 Å². The first-order valence-corrected chi connectivity index (χ1v) is 10.5. The highest BCUT2D eigenvalue weighted by molar-refractivity contribution is 7.90. The molecule has 0 spiro atoms. The predicted molar refractivity (Wildman–Crippen MR) is 109 cm³/mol. The molecule has 0 bridgehead atoms. The van der Waals surface area contributed by atoms with Gasteiger partial charge in [-0.25, -0.2) is 8.42 Å². The topological polar surface area (TPSA) is 51.2 Å². The summed E-state index contributed by atoms with van der Waals surface area (Å²) >= 11 is 0. The van der Waals surface area contributed by atoms with Crippen LogP contribution in [0, 0.1) is 0 Å². The van der Waals surface area contributed by atoms with Crippen LogP contribution in [0.4, 0.5) is 0 Å². The van der Waals surface area contributed by atoms with Gasteiger partial charge in [-0.15, -0.1) is 0 Å². The van der Waals surface area contributed by atoms with Crippen molar-refractivity contribution in [2.45, 2.75) is 11.3 Å². The summed E-state index contributed by atoms with van der Waals surface area (Å²) in [4.78, 5) is 13.0. The molecule has 0 aliphatic carbocycles. The van der Waals surface area contributed by atoms with E-state index in [1.54, 1.807) is 18.2 Å². The molecule has 0 unspecified atom stereocenters. The Kier molecular flexibility index (Phi) is 4.28. The zero-order valence-electron chi connectivity index (χ0n) is 14.8. The van der Waals surface area contributed by atoms with Gasteiger partial charge >= 0.3 is 0 Å². The van der Waals surface area contributed by atoms with E-state index in [0.29, 0.717) is 5.56 Å². The number of benzene rings is 4. The van der Waals surface area contributed by atoms with Crippen molar-refractivity contribution in [3.63, 3.8) is 0 Å². The summed E-state index contributed by atoms with van der Waals surface area (Å²) in [5.41, 5.74) is 1.55. The van der Waals surface area contributed by atoms with Gasteiger partial charge in [0.25, 0.3) is 0 Å². The Morgan fingerprint density at radius 3 is 2.19 bits per heavy atom. The van der Waals surface area contributed by atoms with Crippen LogP contribution in [0.15, 0.2) is 83.8 Å². The lowest BCUT2D eigenvalue weighted by atomic mass is 9.98. The Morgan fingerprint density at radius 1 is 0.741 bits per heavy atom. The number of hydrogen-bond donors (Lipinski definition) is 0. The highest BCUT2D eigenvalue weighted by Crippen LogP contribution is 2.22. The van der Waals surface area contributed by atoms with Gasteiger partial charge in [0, 0.05) is 18.2 Å². The maximum absolute atomic E-state index is 12.7. The summed E-state index contributed by atoms with van der Waals surface area (Å²) in [6, 6.07) is 24.5. The highest BCUT2D eigenvalue weighted by Gasteiger charge is 2.11. The Labute approximate surface area is 158 Å². The molecule has 27 heavy (non-hydrogen) atoms. The lowest BCUT2D eigenvalue weighted by Gasteiger charge is -2.07. The Balaban J connectivity index is 1.66. The molecule has 0 aliphatic heterocycles. The molecule has 0 saturated carbocycles. The van der Waals surface area contributed by atoms with Crippen LogP contribution in [0.5, 0.6) is 0 Å². The fourth-order valence-corrected chi connectivity index (χ4v) is 3.92. The van der Waals surface area contributed by atoms with Gasteiger partial charge in [-0.05, 0) is 45.3 Å². The number of Topliss-reactive ketones (excluding diaryl/α,β-unsaturated/α-hetero) is 1. The molecule has 4 aromatic rings. The van der Waals surface area contributed by atoms with Crippen molar-refractivity contribution in [1.29, 1.82) is 0 Å².